The Balaban J connectivity index is 1.59. The summed E-state index contributed by atoms with van der Waals surface area (Å²) < 4.78 is 24.7. The van der Waals surface area contributed by atoms with E-state index in [9.17, 15) is 13.2 Å². The van der Waals surface area contributed by atoms with Gasteiger partial charge < -0.3 is 0 Å². The maximum Gasteiger partial charge on any atom is 0.241 e. The van der Waals surface area contributed by atoms with Gasteiger partial charge in [-0.1, -0.05) is 38.5 Å². The molecular weight excluding hydrogens is 348 g/mol. The van der Waals surface area contributed by atoms with E-state index in [0.717, 1.165) is 24.1 Å². The van der Waals surface area contributed by atoms with Crippen molar-refractivity contribution in [2.45, 2.75) is 58.3 Å². The number of nitrogens with zero attached hydrogens (tertiary/aromatic N) is 1. The Bertz CT molecular complexity index is 840. The van der Waals surface area contributed by atoms with Crippen LogP contribution in [-0.4, -0.2) is 25.8 Å². The molecule has 0 radical (unpaired) electrons. The molecule has 0 aromatic heterocycles. The molecule has 1 N–H and O–H groups in total. The first kappa shape index (κ1) is 19.1. The summed E-state index contributed by atoms with van der Waals surface area (Å²) in [6.45, 7) is 8.69. The summed E-state index contributed by atoms with van der Waals surface area (Å²) in [7, 11) is -3.46. The van der Waals surface area contributed by atoms with Crippen molar-refractivity contribution in [2.75, 3.05) is 5.75 Å². The number of rotatable bonds is 5. The van der Waals surface area contributed by atoms with E-state index in [-0.39, 0.29) is 33.8 Å². The summed E-state index contributed by atoms with van der Waals surface area (Å²) in [6, 6.07) is 6.69. The highest BCUT2D eigenvalue weighted by Gasteiger charge is 2.60. The van der Waals surface area contributed by atoms with Crippen molar-refractivity contribution < 1.29 is 13.2 Å². The number of hydrazone groups is 1. The van der Waals surface area contributed by atoms with Crippen molar-refractivity contribution in [1.29, 1.82) is 0 Å². The fourth-order valence-electron chi connectivity index (χ4n) is 4.37. The van der Waals surface area contributed by atoms with Gasteiger partial charge in [0.05, 0.1) is 10.6 Å². The molecule has 26 heavy (non-hydrogen) atoms. The number of nitrogens with one attached hydrogen (secondary N) is 1. The van der Waals surface area contributed by atoms with E-state index >= 15 is 0 Å². The second kappa shape index (κ2) is 6.48. The lowest BCUT2D eigenvalue weighted by Crippen LogP contribution is -2.34. The largest absolute Gasteiger partial charge is 0.273 e. The van der Waals surface area contributed by atoms with E-state index in [0.29, 0.717) is 5.92 Å². The standard InChI is InChI=1S/C20H28N2O3S/c1-14-5-7-16(8-6-14)26(24,25)12-10-18(23)22-21-17-13-15-9-11-20(17,4)19(15,2)3/h5-8,15H,9-13H2,1-4H3,(H,22,23)/b21-17-/t15-,20+/m0/s1. The Labute approximate surface area is 156 Å². The number of carbonyl (C=O) groups is 1. The Hall–Kier alpha value is -1.69. The number of hydrogen-bond donors (Lipinski definition) is 1. The third kappa shape index (κ3) is 3.20. The Kier molecular flexibility index (Phi) is 4.76. The van der Waals surface area contributed by atoms with Gasteiger partial charge in [0.2, 0.25) is 5.91 Å². The smallest absolute Gasteiger partial charge is 0.241 e. The zero-order chi connectivity index (χ0) is 19.2. The molecule has 0 heterocycles. The van der Waals surface area contributed by atoms with Crippen LogP contribution in [0.25, 0.3) is 0 Å². The molecule has 2 atom stereocenters. The van der Waals surface area contributed by atoms with E-state index in [1.807, 2.05) is 6.92 Å². The van der Waals surface area contributed by atoms with Gasteiger partial charge in [0, 0.05) is 17.5 Å². The lowest BCUT2D eigenvalue weighted by Gasteiger charge is -2.34. The first-order valence-corrected chi connectivity index (χ1v) is 10.9. The topological polar surface area (TPSA) is 75.6 Å². The van der Waals surface area contributed by atoms with Crippen LogP contribution in [0.3, 0.4) is 0 Å². The van der Waals surface area contributed by atoms with E-state index in [1.54, 1.807) is 24.3 Å². The SMILES string of the molecule is Cc1ccc(S(=O)(=O)CCC(=O)N/N=C2/C[C@@H]3CC[C@@]2(C)C3(C)C)cc1. The molecule has 6 heteroatoms. The lowest BCUT2D eigenvalue weighted by atomic mass is 9.70. The fourth-order valence-corrected chi connectivity index (χ4v) is 5.61. The number of aryl methyl sites for hydroxylation is 1. The average Bonchev–Trinajstić information content (AvgIpc) is 2.92. The Morgan fingerprint density at radius 2 is 1.88 bits per heavy atom. The fraction of sp³-hybridized carbons (Fsp3) is 0.600. The van der Waals surface area contributed by atoms with Crippen molar-refractivity contribution in [3.8, 4) is 0 Å². The summed E-state index contributed by atoms with van der Waals surface area (Å²) in [5.74, 6) is 0.0560. The number of benzene rings is 1. The van der Waals surface area contributed by atoms with Crippen LogP contribution in [0.1, 0.15) is 52.0 Å². The predicted octanol–water partition coefficient (Wildman–Crippen LogP) is 3.48. The average molecular weight is 377 g/mol. The molecule has 0 saturated heterocycles. The highest BCUT2D eigenvalue weighted by atomic mass is 32.2. The zero-order valence-electron chi connectivity index (χ0n) is 16.0. The van der Waals surface area contributed by atoms with Gasteiger partial charge >= 0.3 is 0 Å². The van der Waals surface area contributed by atoms with E-state index in [4.69, 9.17) is 0 Å². The first-order valence-electron chi connectivity index (χ1n) is 9.21. The summed E-state index contributed by atoms with van der Waals surface area (Å²) in [5.41, 5.74) is 4.87. The lowest BCUT2D eigenvalue weighted by molar-refractivity contribution is -0.120. The molecule has 0 unspecified atom stereocenters. The van der Waals surface area contributed by atoms with E-state index in [1.165, 1.54) is 6.42 Å². The molecule has 2 aliphatic carbocycles. The van der Waals surface area contributed by atoms with Crippen molar-refractivity contribution in [3.63, 3.8) is 0 Å². The molecule has 5 nitrogen and oxygen atoms in total. The highest BCUT2D eigenvalue weighted by Crippen LogP contribution is 2.63. The van der Waals surface area contributed by atoms with Gasteiger partial charge in [0.25, 0.3) is 0 Å². The minimum Gasteiger partial charge on any atom is -0.273 e. The Morgan fingerprint density at radius 3 is 2.42 bits per heavy atom. The second-order valence-electron chi connectivity index (χ2n) is 8.47. The molecule has 142 valence electrons. The molecule has 0 aliphatic heterocycles. The maximum atomic E-state index is 12.3. The van der Waals surface area contributed by atoms with Gasteiger partial charge in [-0.3, -0.25) is 4.79 Å². The third-order valence-electron chi connectivity index (χ3n) is 6.81. The number of sulfone groups is 1. The van der Waals surface area contributed by atoms with Crippen LogP contribution < -0.4 is 5.43 Å². The third-order valence-corrected chi connectivity index (χ3v) is 8.54. The van der Waals surface area contributed by atoms with Gasteiger partial charge in [-0.25, -0.2) is 13.8 Å². The summed E-state index contributed by atoms with van der Waals surface area (Å²) in [4.78, 5) is 12.4. The van der Waals surface area contributed by atoms with Crippen LogP contribution in [0.4, 0.5) is 0 Å². The van der Waals surface area contributed by atoms with Crippen LogP contribution in [-0.2, 0) is 14.6 Å². The van der Waals surface area contributed by atoms with Crippen molar-refractivity contribution in [3.05, 3.63) is 29.8 Å². The molecule has 1 aromatic rings. The maximum absolute atomic E-state index is 12.3. The van der Waals surface area contributed by atoms with Crippen molar-refractivity contribution in [2.24, 2.45) is 21.8 Å². The van der Waals surface area contributed by atoms with Crippen LogP contribution in [0.2, 0.25) is 0 Å². The molecule has 3 rings (SSSR count). The minimum absolute atomic E-state index is 0.0267. The molecule has 2 aliphatic rings. The van der Waals surface area contributed by atoms with Crippen LogP contribution in [0, 0.1) is 23.7 Å². The quantitative estimate of drug-likeness (QED) is 0.800. The molecule has 2 fully saturated rings. The Morgan fingerprint density at radius 1 is 1.23 bits per heavy atom. The van der Waals surface area contributed by atoms with Crippen LogP contribution in [0.15, 0.2) is 34.3 Å². The number of amides is 1. The predicted molar refractivity (Wildman–Crippen MR) is 103 cm³/mol. The molecule has 0 spiro atoms. The van der Waals surface area contributed by atoms with Gasteiger partial charge in [-0.2, -0.15) is 5.10 Å². The minimum atomic E-state index is -3.46. The molecule has 1 aromatic carbocycles. The van der Waals surface area contributed by atoms with Crippen LogP contribution >= 0.6 is 0 Å². The van der Waals surface area contributed by atoms with Gasteiger partial charge in [-0.05, 0) is 49.7 Å². The first-order chi connectivity index (χ1) is 12.1. The van der Waals surface area contributed by atoms with E-state index < -0.39 is 9.84 Å². The molecule has 2 bridgehead atoms. The van der Waals surface area contributed by atoms with Crippen molar-refractivity contribution in [1.82, 2.24) is 5.43 Å². The van der Waals surface area contributed by atoms with Gasteiger partial charge in [0.15, 0.2) is 9.84 Å². The summed E-state index contributed by atoms with van der Waals surface area (Å²) in [5, 5.41) is 4.38. The monoisotopic (exact) mass is 376 g/mol. The number of hydrogen-bond acceptors (Lipinski definition) is 4. The van der Waals surface area contributed by atoms with Gasteiger partial charge in [-0.15, -0.1) is 0 Å². The normalized spacial score (nSPS) is 28.5. The van der Waals surface area contributed by atoms with E-state index in [2.05, 4.69) is 31.3 Å². The number of carbonyl (C=O) groups excluding carboxylic acids is 1. The molecule has 2 saturated carbocycles. The van der Waals surface area contributed by atoms with Crippen LogP contribution in [0.5, 0.6) is 0 Å². The summed E-state index contributed by atoms with van der Waals surface area (Å²) >= 11 is 0. The number of fused-ring (bicyclic) bond motifs is 2. The summed E-state index contributed by atoms with van der Waals surface area (Å²) in [6.07, 6.45) is 3.15. The molecular formula is C20H28N2O3S. The second-order valence-corrected chi connectivity index (χ2v) is 10.6. The zero-order valence-corrected chi connectivity index (χ0v) is 16.8. The van der Waals surface area contributed by atoms with Crippen molar-refractivity contribution >= 4 is 21.5 Å². The molecule has 1 amide bonds. The van der Waals surface area contributed by atoms with Gasteiger partial charge in [0.1, 0.15) is 0 Å². The highest BCUT2D eigenvalue weighted by molar-refractivity contribution is 7.91.